The van der Waals surface area contributed by atoms with Gasteiger partial charge in [-0.15, -0.1) is 12.4 Å². The quantitative estimate of drug-likeness (QED) is 0.190. The molecule has 0 heterocycles. The van der Waals surface area contributed by atoms with Crippen molar-refractivity contribution in [2.24, 2.45) is 0 Å². The summed E-state index contributed by atoms with van der Waals surface area (Å²) in [5.74, 6) is -2.12. The van der Waals surface area contributed by atoms with Gasteiger partial charge < -0.3 is 15.3 Å². The molecule has 0 amide bonds. The van der Waals surface area contributed by atoms with Crippen LogP contribution in [0.15, 0.2) is 0 Å². The molecule has 4 N–H and O–H groups in total. The van der Waals surface area contributed by atoms with Crippen molar-refractivity contribution in [3.05, 3.63) is 0 Å². The predicted octanol–water partition coefficient (Wildman–Crippen LogP) is 4.89. The minimum atomic E-state index is -2.12. The zero-order valence-electron chi connectivity index (χ0n) is 16.5. The first-order chi connectivity index (χ1) is 11.6. The maximum absolute atomic E-state index is 9.14. The molecule has 0 saturated heterocycles. The number of hydrogen-bond acceptors (Lipinski definition) is 4. The van der Waals surface area contributed by atoms with Gasteiger partial charge in [-0.25, -0.2) is 0 Å². The smallest absolute Gasteiger partial charge is 0.246 e. The summed E-state index contributed by atoms with van der Waals surface area (Å²) in [7, 11) is 0. The Morgan fingerprint density at radius 1 is 0.600 bits per heavy atom. The van der Waals surface area contributed by atoms with Gasteiger partial charge >= 0.3 is 0 Å². The third-order valence-corrected chi connectivity index (χ3v) is 4.66. The fourth-order valence-electron chi connectivity index (χ4n) is 3.02. The number of hydrogen-bond donors (Lipinski definition) is 4. The normalized spacial score (nSPS) is 11.5. The second kappa shape index (κ2) is 20.4. The summed E-state index contributed by atoms with van der Waals surface area (Å²) in [5, 5.41) is 29.5. The largest absolute Gasteiger partial charge is 0.389 e. The van der Waals surface area contributed by atoms with Gasteiger partial charge in [-0.05, 0) is 6.42 Å². The molecule has 0 radical (unpaired) electrons. The summed E-state index contributed by atoms with van der Waals surface area (Å²) in [6.45, 7) is 2.13. The highest BCUT2D eigenvalue weighted by Crippen LogP contribution is 2.13. The van der Waals surface area contributed by atoms with Gasteiger partial charge in [0.05, 0.1) is 0 Å². The Morgan fingerprint density at radius 2 is 0.920 bits per heavy atom. The summed E-state index contributed by atoms with van der Waals surface area (Å²) in [6.07, 6.45) is 21.3. The van der Waals surface area contributed by atoms with Crippen molar-refractivity contribution in [1.82, 2.24) is 5.32 Å². The SMILES string of the molecule is CCCCCCCCCCCCCCCCCCNC(O)(O)CO.Cl. The van der Waals surface area contributed by atoms with Crippen LogP contribution in [0, 0.1) is 0 Å². The van der Waals surface area contributed by atoms with E-state index < -0.39 is 12.5 Å². The number of unbranched alkanes of at least 4 members (excludes halogenated alkanes) is 15. The molecule has 0 aromatic rings. The Balaban J connectivity index is 0. The van der Waals surface area contributed by atoms with E-state index >= 15 is 0 Å². The minimum Gasteiger partial charge on any atom is -0.389 e. The Morgan fingerprint density at radius 3 is 1.24 bits per heavy atom. The number of halogens is 1. The van der Waals surface area contributed by atoms with Crippen molar-refractivity contribution in [2.45, 2.75) is 116 Å². The number of rotatable bonds is 19. The van der Waals surface area contributed by atoms with E-state index in [-0.39, 0.29) is 12.4 Å². The lowest BCUT2D eigenvalue weighted by molar-refractivity contribution is -0.208. The molecular weight excluding hydrogens is 338 g/mol. The van der Waals surface area contributed by atoms with Gasteiger partial charge in [-0.1, -0.05) is 103 Å². The fraction of sp³-hybridized carbons (Fsp3) is 1.00. The van der Waals surface area contributed by atoms with Gasteiger partial charge in [0.2, 0.25) is 5.91 Å². The van der Waals surface area contributed by atoms with E-state index in [1.807, 2.05) is 0 Å². The molecule has 0 aliphatic carbocycles. The molecule has 0 aromatic heterocycles. The van der Waals surface area contributed by atoms with Crippen molar-refractivity contribution < 1.29 is 15.3 Å². The van der Waals surface area contributed by atoms with Gasteiger partial charge in [0, 0.05) is 6.54 Å². The van der Waals surface area contributed by atoms with Crippen LogP contribution < -0.4 is 5.32 Å². The molecule has 0 atom stereocenters. The molecule has 0 saturated carbocycles. The molecule has 0 aromatic carbocycles. The van der Waals surface area contributed by atoms with Crippen LogP contribution in [0.3, 0.4) is 0 Å². The zero-order valence-corrected chi connectivity index (χ0v) is 17.3. The molecule has 0 rings (SSSR count). The molecule has 0 aliphatic heterocycles. The van der Waals surface area contributed by atoms with Crippen LogP contribution in [0.4, 0.5) is 0 Å². The summed E-state index contributed by atoms with van der Waals surface area (Å²) in [6, 6.07) is 0. The second-order valence-electron chi connectivity index (χ2n) is 7.20. The van der Waals surface area contributed by atoms with E-state index in [4.69, 9.17) is 15.3 Å². The van der Waals surface area contributed by atoms with E-state index in [1.54, 1.807) is 0 Å². The van der Waals surface area contributed by atoms with Gasteiger partial charge in [-0.3, -0.25) is 5.32 Å². The Kier molecular flexibility index (Phi) is 22.4. The molecule has 0 spiro atoms. The first kappa shape index (κ1) is 27.3. The fourth-order valence-corrected chi connectivity index (χ4v) is 3.02. The third-order valence-electron chi connectivity index (χ3n) is 4.66. The molecule has 4 nitrogen and oxygen atoms in total. The summed E-state index contributed by atoms with van der Waals surface area (Å²) in [5.41, 5.74) is 0. The molecule has 154 valence electrons. The Bertz CT molecular complexity index is 253. The highest BCUT2D eigenvalue weighted by molar-refractivity contribution is 5.85. The molecule has 25 heavy (non-hydrogen) atoms. The van der Waals surface area contributed by atoms with Crippen molar-refractivity contribution >= 4 is 12.4 Å². The lowest BCUT2D eigenvalue weighted by atomic mass is 10.0. The molecule has 0 aliphatic rings. The highest BCUT2D eigenvalue weighted by Gasteiger charge is 2.19. The minimum absolute atomic E-state index is 0. The van der Waals surface area contributed by atoms with Crippen molar-refractivity contribution in [3.63, 3.8) is 0 Å². The van der Waals surface area contributed by atoms with Gasteiger partial charge in [0.25, 0.3) is 0 Å². The van der Waals surface area contributed by atoms with Crippen LogP contribution in [0.2, 0.25) is 0 Å². The summed E-state index contributed by atoms with van der Waals surface area (Å²) >= 11 is 0. The molecular formula is C20H44ClNO3. The number of nitrogens with one attached hydrogen (secondary N) is 1. The molecule has 0 bridgehead atoms. The Labute approximate surface area is 162 Å². The van der Waals surface area contributed by atoms with E-state index in [0.29, 0.717) is 6.54 Å². The Hall–Kier alpha value is 0.130. The van der Waals surface area contributed by atoms with Gasteiger partial charge in [0.15, 0.2) is 0 Å². The topological polar surface area (TPSA) is 72.7 Å². The van der Waals surface area contributed by atoms with Crippen molar-refractivity contribution in [3.8, 4) is 0 Å². The van der Waals surface area contributed by atoms with Crippen LogP contribution in [0.25, 0.3) is 0 Å². The first-order valence-electron chi connectivity index (χ1n) is 10.4. The average Bonchev–Trinajstić information content (AvgIpc) is 2.57. The average molecular weight is 382 g/mol. The van der Waals surface area contributed by atoms with E-state index in [9.17, 15) is 0 Å². The van der Waals surface area contributed by atoms with Crippen LogP contribution in [-0.2, 0) is 0 Å². The summed E-state index contributed by atoms with van der Waals surface area (Å²) in [4.78, 5) is 0. The highest BCUT2D eigenvalue weighted by atomic mass is 35.5. The van der Waals surface area contributed by atoms with E-state index in [2.05, 4.69) is 12.2 Å². The monoisotopic (exact) mass is 381 g/mol. The molecule has 5 heteroatoms. The van der Waals surface area contributed by atoms with Crippen molar-refractivity contribution in [2.75, 3.05) is 13.2 Å². The van der Waals surface area contributed by atoms with Gasteiger partial charge in [0.1, 0.15) is 6.61 Å². The van der Waals surface area contributed by atoms with Crippen molar-refractivity contribution in [1.29, 1.82) is 0 Å². The second-order valence-corrected chi connectivity index (χ2v) is 7.20. The third kappa shape index (κ3) is 22.1. The standard InChI is InChI=1S/C20H43NO3.ClH/c1-2-3-4-5-6-7-8-9-10-11-12-13-14-15-16-17-18-21-20(23,24)19-22;/h21-24H,2-19H2,1H3;1H. The molecule has 0 unspecified atom stereocenters. The van der Waals surface area contributed by atoms with Crippen LogP contribution >= 0.6 is 12.4 Å². The van der Waals surface area contributed by atoms with Crippen LogP contribution in [-0.4, -0.2) is 34.4 Å². The van der Waals surface area contributed by atoms with Crippen LogP contribution in [0.5, 0.6) is 0 Å². The van der Waals surface area contributed by atoms with E-state index in [1.165, 1.54) is 89.9 Å². The first-order valence-corrected chi connectivity index (χ1v) is 10.4. The maximum atomic E-state index is 9.14. The lowest BCUT2D eigenvalue weighted by Gasteiger charge is -2.19. The maximum Gasteiger partial charge on any atom is 0.246 e. The zero-order chi connectivity index (χ0) is 17.9. The number of aliphatic hydroxyl groups is 3. The predicted molar refractivity (Wildman–Crippen MR) is 109 cm³/mol. The van der Waals surface area contributed by atoms with E-state index in [0.717, 1.165) is 12.8 Å². The van der Waals surface area contributed by atoms with Crippen LogP contribution in [0.1, 0.15) is 110 Å². The number of aliphatic hydroxyl groups excluding tert-OH is 1. The summed E-state index contributed by atoms with van der Waals surface area (Å²) < 4.78 is 0. The van der Waals surface area contributed by atoms with Gasteiger partial charge in [-0.2, -0.15) is 0 Å². The lowest BCUT2D eigenvalue weighted by Crippen LogP contribution is -2.48. The molecule has 0 fully saturated rings.